The number of methoxy groups -OCH3 is 2. The van der Waals surface area contributed by atoms with Gasteiger partial charge in [0.1, 0.15) is 11.5 Å². The van der Waals surface area contributed by atoms with Gasteiger partial charge in [0.2, 0.25) is 0 Å². The molecule has 0 saturated carbocycles. The van der Waals surface area contributed by atoms with E-state index in [0.717, 1.165) is 22.6 Å². The van der Waals surface area contributed by atoms with E-state index in [9.17, 15) is 5.11 Å². The van der Waals surface area contributed by atoms with Gasteiger partial charge in [-0.15, -0.1) is 0 Å². The van der Waals surface area contributed by atoms with E-state index in [1.165, 1.54) is 0 Å². The molecule has 3 heteroatoms. The molecule has 0 aliphatic heterocycles. The van der Waals surface area contributed by atoms with Crippen molar-refractivity contribution in [2.24, 2.45) is 0 Å². The molecule has 1 rings (SSSR count). The first-order valence-electron chi connectivity index (χ1n) is 6.10. The van der Waals surface area contributed by atoms with Crippen molar-refractivity contribution in [2.75, 3.05) is 14.2 Å². The zero-order valence-corrected chi connectivity index (χ0v) is 12.4. The molecule has 0 bridgehead atoms. The van der Waals surface area contributed by atoms with Crippen molar-refractivity contribution in [3.63, 3.8) is 0 Å². The molecule has 0 aromatic heterocycles. The molecule has 0 fully saturated rings. The van der Waals surface area contributed by atoms with Gasteiger partial charge in [0.15, 0.2) is 0 Å². The number of rotatable bonds is 3. The SMILES string of the molecule is COc1cc(C(C)(C)C)c(OC)c(C(C)(C)O)c1. The molecule has 0 spiro atoms. The van der Waals surface area contributed by atoms with Gasteiger partial charge in [-0.3, -0.25) is 0 Å². The van der Waals surface area contributed by atoms with E-state index in [2.05, 4.69) is 20.8 Å². The molecule has 1 aromatic carbocycles. The highest BCUT2D eigenvalue weighted by Crippen LogP contribution is 2.41. The lowest BCUT2D eigenvalue weighted by atomic mass is 9.82. The summed E-state index contributed by atoms with van der Waals surface area (Å²) in [6.45, 7) is 9.82. The Kier molecular flexibility index (Phi) is 3.96. The van der Waals surface area contributed by atoms with Crippen LogP contribution < -0.4 is 9.47 Å². The van der Waals surface area contributed by atoms with Gasteiger partial charge in [-0.2, -0.15) is 0 Å². The van der Waals surface area contributed by atoms with E-state index >= 15 is 0 Å². The van der Waals surface area contributed by atoms with Gasteiger partial charge in [0.05, 0.1) is 19.8 Å². The van der Waals surface area contributed by atoms with Crippen molar-refractivity contribution < 1.29 is 14.6 Å². The van der Waals surface area contributed by atoms with Crippen LogP contribution in [0.5, 0.6) is 11.5 Å². The zero-order chi connectivity index (χ0) is 14.1. The summed E-state index contributed by atoms with van der Waals surface area (Å²) in [4.78, 5) is 0. The maximum Gasteiger partial charge on any atom is 0.128 e. The maximum atomic E-state index is 10.3. The molecule has 18 heavy (non-hydrogen) atoms. The van der Waals surface area contributed by atoms with Gasteiger partial charge in [-0.05, 0) is 31.4 Å². The maximum absolute atomic E-state index is 10.3. The Labute approximate surface area is 110 Å². The standard InChI is InChI=1S/C15H24O3/c1-14(2,3)11-8-10(17-6)9-12(13(11)18-7)15(4,5)16/h8-9,16H,1-7H3. The van der Waals surface area contributed by atoms with E-state index in [1.807, 2.05) is 12.1 Å². The van der Waals surface area contributed by atoms with Crippen LogP contribution >= 0.6 is 0 Å². The second-order valence-electron chi connectivity index (χ2n) is 6.06. The highest BCUT2D eigenvalue weighted by Gasteiger charge is 2.28. The average Bonchev–Trinajstić information content (AvgIpc) is 2.24. The molecular formula is C15H24O3. The minimum absolute atomic E-state index is 0.0834. The first-order chi connectivity index (χ1) is 8.11. The van der Waals surface area contributed by atoms with Crippen LogP contribution in [0.1, 0.15) is 45.7 Å². The molecule has 0 saturated heterocycles. The van der Waals surface area contributed by atoms with Crippen molar-refractivity contribution in [1.29, 1.82) is 0 Å². The lowest BCUT2D eigenvalue weighted by molar-refractivity contribution is 0.0750. The Hall–Kier alpha value is -1.22. The summed E-state index contributed by atoms with van der Waals surface area (Å²) >= 11 is 0. The van der Waals surface area contributed by atoms with Crippen LogP contribution in [0.15, 0.2) is 12.1 Å². The van der Waals surface area contributed by atoms with E-state index in [0.29, 0.717) is 0 Å². The van der Waals surface area contributed by atoms with Gasteiger partial charge in [-0.1, -0.05) is 20.8 Å². The third kappa shape index (κ3) is 2.96. The normalized spacial score (nSPS) is 12.4. The fourth-order valence-corrected chi connectivity index (χ4v) is 1.95. The van der Waals surface area contributed by atoms with Crippen LogP contribution in [-0.4, -0.2) is 19.3 Å². The van der Waals surface area contributed by atoms with Gasteiger partial charge in [0.25, 0.3) is 0 Å². The van der Waals surface area contributed by atoms with E-state index < -0.39 is 5.60 Å². The third-order valence-electron chi connectivity index (χ3n) is 2.97. The third-order valence-corrected chi connectivity index (χ3v) is 2.97. The van der Waals surface area contributed by atoms with Gasteiger partial charge in [-0.25, -0.2) is 0 Å². The van der Waals surface area contributed by atoms with E-state index in [4.69, 9.17) is 9.47 Å². The molecular weight excluding hydrogens is 228 g/mol. The molecule has 1 N–H and O–H groups in total. The van der Waals surface area contributed by atoms with E-state index in [1.54, 1.807) is 28.1 Å². The first kappa shape index (κ1) is 14.8. The number of aliphatic hydroxyl groups is 1. The second kappa shape index (κ2) is 4.81. The van der Waals surface area contributed by atoms with Gasteiger partial charge >= 0.3 is 0 Å². The molecule has 102 valence electrons. The second-order valence-corrected chi connectivity index (χ2v) is 6.06. The monoisotopic (exact) mass is 252 g/mol. The molecule has 0 amide bonds. The Morgan fingerprint density at radius 1 is 0.889 bits per heavy atom. The molecule has 0 unspecified atom stereocenters. The lowest BCUT2D eigenvalue weighted by Crippen LogP contribution is -2.21. The first-order valence-corrected chi connectivity index (χ1v) is 6.10. The molecule has 0 heterocycles. The minimum atomic E-state index is -0.972. The van der Waals surface area contributed by atoms with Crippen molar-refractivity contribution in [3.05, 3.63) is 23.3 Å². The van der Waals surface area contributed by atoms with Crippen LogP contribution in [0.4, 0.5) is 0 Å². The predicted molar refractivity (Wildman–Crippen MR) is 73.5 cm³/mol. The lowest BCUT2D eigenvalue weighted by Gasteiger charge is -2.28. The Balaban J connectivity index is 3.61. The molecule has 0 aliphatic rings. The number of benzene rings is 1. The summed E-state index contributed by atoms with van der Waals surface area (Å²) in [5.74, 6) is 1.47. The van der Waals surface area contributed by atoms with Crippen LogP contribution in [0.25, 0.3) is 0 Å². The summed E-state index contributed by atoms with van der Waals surface area (Å²) in [6.07, 6.45) is 0. The Morgan fingerprint density at radius 2 is 1.39 bits per heavy atom. The zero-order valence-electron chi connectivity index (χ0n) is 12.4. The molecule has 3 nitrogen and oxygen atoms in total. The highest BCUT2D eigenvalue weighted by molar-refractivity contribution is 5.52. The molecule has 0 aliphatic carbocycles. The van der Waals surface area contributed by atoms with Crippen molar-refractivity contribution in [1.82, 2.24) is 0 Å². The largest absolute Gasteiger partial charge is 0.497 e. The van der Waals surface area contributed by atoms with Crippen LogP contribution in [0.2, 0.25) is 0 Å². The predicted octanol–water partition coefficient (Wildman–Crippen LogP) is 3.23. The summed E-state index contributed by atoms with van der Waals surface area (Å²) in [5.41, 5.74) is 0.718. The summed E-state index contributed by atoms with van der Waals surface area (Å²) in [7, 11) is 3.26. The smallest absolute Gasteiger partial charge is 0.128 e. The van der Waals surface area contributed by atoms with Crippen molar-refractivity contribution in [3.8, 4) is 11.5 Å². The van der Waals surface area contributed by atoms with E-state index in [-0.39, 0.29) is 5.41 Å². The number of ether oxygens (including phenoxy) is 2. The fourth-order valence-electron chi connectivity index (χ4n) is 1.95. The number of hydrogen-bond acceptors (Lipinski definition) is 3. The Bertz CT molecular complexity index is 387. The average molecular weight is 252 g/mol. The summed E-state index contributed by atoms with van der Waals surface area (Å²) < 4.78 is 10.8. The molecule has 1 aromatic rings. The molecule has 0 radical (unpaired) electrons. The van der Waals surface area contributed by atoms with Crippen LogP contribution in [0.3, 0.4) is 0 Å². The topological polar surface area (TPSA) is 38.7 Å². The highest BCUT2D eigenvalue weighted by atomic mass is 16.5. The quantitative estimate of drug-likeness (QED) is 0.897. The summed E-state index contributed by atoms with van der Waals surface area (Å²) in [6, 6.07) is 3.79. The van der Waals surface area contributed by atoms with Gasteiger partial charge in [0, 0.05) is 11.1 Å². The van der Waals surface area contributed by atoms with Crippen LogP contribution in [-0.2, 0) is 11.0 Å². The minimum Gasteiger partial charge on any atom is -0.497 e. The fraction of sp³-hybridized carbons (Fsp3) is 0.600. The van der Waals surface area contributed by atoms with Crippen molar-refractivity contribution in [2.45, 2.75) is 45.6 Å². The number of hydrogen-bond donors (Lipinski definition) is 1. The van der Waals surface area contributed by atoms with Gasteiger partial charge < -0.3 is 14.6 Å². The molecule has 0 atom stereocenters. The Morgan fingerprint density at radius 3 is 1.72 bits per heavy atom. The van der Waals surface area contributed by atoms with Crippen LogP contribution in [0, 0.1) is 0 Å². The van der Waals surface area contributed by atoms with Crippen molar-refractivity contribution >= 4 is 0 Å². The summed E-state index contributed by atoms with van der Waals surface area (Å²) in [5, 5.41) is 10.3.